The van der Waals surface area contributed by atoms with E-state index in [0.717, 1.165) is 35.3 Å². The van der Waals surface area contributed by atoms with Crippen molar-refractivity contribution in [3.8, 4) is 0 Å². The fourth-order valence-electron chi connectivity index (χ4n) is 2.46. The molecule has 3 rings (SSSR count). The normalized spacial score (nSPS) is 15.8. The molecule has 1 fully saturated rings. The molecule has 1 aliphatic rings. The van der Waals surface area contributed by atoms with Crippen molar-refractivity contribution in [1.29, 1.82) is 0 Å². The second-order valence-corrected chi connectivity index (χ2v) is 7.20. The molecule has 0 radical (unpaired) electrons. The summed E-state index contributed by atoms with van der Waals surface area (Å²) in [4.78, 5) is 6.89. The van der Waals surface area contributed by atoms with Crippen molar-refractivity contribution in [1.82, 2.24) is 4.90 Å². The van der Waals surface area contributed by atoms with Crippen LogP contribution in [0.4, 0.5) is 11.4 Å². The van der Waals surface area contributed by atoms with Crippen molar-refractivity contribution in [3.05, 3.63) is 59.1 Å². The van der Waals surface area contributed by atoms with Crippen molar-refractivity contribution in [2.24, 2.45) is 4.99 Å². The molecule has 0 spiro atoms. The monoisotopic (exact) mass is 375 g/mol. The number of benzene rings is 2. The van der Waals surface area contributed by atoms with Crippen LogP contribution in [0.2, 0.25) is 5.02 Å². The predicted octanol–water partition coefficient (Wildman–Crippen LogP) is 5.34. The zero-order valence-electron chi connectivity index (χ0n) is 13.3. The molecule has 3 nitrogen and oxygen atoms in total. The number of thiocarbonyl (C=S) groups is 1. The van der Waals surface area contributed by atoms with Crippen LogP contribution in [-0.2, 0) is 6.42 Å². The number of thioether (sulfide) groups is 1. The summed E-state index contributed by atoms with van der Waals surface area (Å²) in [5, 5.41) is 5.52. The average molecular weight is 376 g/mol. The molecule has 1 N–H and O–H groups in total. The van der Waals surface area contributed by atoms with Crippen LogP contribution in [0.25, 0.3) is 0 Å². The van der Waals surface area contributed by atoms with E-state index in [0.29, 0.717) is 10.1 Å². The third-order valence-corrected chi connectivity index (χ3v) is 5.20. The topological polar surface area (TPSA) is 27.6 Å². The van der Waals surface area contributed by atoms with Gasteiger partial charge in [0.05, 0.1) is 5.69 Å². The molecule has 24 heavy (non-hydrogen) atoms. The van der Waals surface area contributed by atoms with E-state index in [4.69, 9.17) is 28.8 Å². The maximum absolute atomic E-state index is 6.03. The van der Waals surface area contributed by atoms with Gasteiger partial charge in [0.15, 0.2) is 10.3 Å². The van der Waals surface area contributed by atoms with Crippen LogP contribution in [0.1, 0.15) is 12.5 Å². The standard InChI is InChI=1S/C18H18ClN3S2/c1-2-13-6-3-4-9-16(13)21-18-22(10-11-24-18)17(23)20-15-8-5-7-14(19)12-15/h3-9,12H,2,10-11H2,1H3,(H,20,23). The van der Waals surface area contributed by atoms with Crippen LogP contribution >= 0.6 is 35.6 Å². The first-order chi connectivity index (χ1) is 11.7. The Balaban J connectivity index is 1.80. The molecule has 0 aromatic heterocycles. The van der Waals surface area contributed by atoms with Crippen LogP contribution in [0.15, 0.2) is 53.5 Å². The Labute approximate surface area is 157 Å². The summed E-state index contributed by atoms with van der Waals surface area (Å²) in [6.45, 7) is 2.99. The van der Waals surface area contributed by atoms with Crippen LogP contribution in [0.3, 0.4) is 0 Å². The minimum Gasteiger partial charge on any atom is -0.332 e. The minimum absolute atomic E-state index is 0.648. The molecule has 124 valence electrons. The van der Waals surface area contributed by atoms with Gasteiger partial charge in [0.2, 0.25) is 0 Å². The number of para-hydroxylation sites is 1. The lowest BCUT2D eigenvalue weighted by atomic mass is 10.1. The fraction of sp³-hybridized carbons (Fsp3) is 0.222. The van der Waals surface area contributed by atoms with E-state index in [1.54, 1.807) is 11.8 Å². The third kappa shape index (κ3) is 4.09. The van der Waals surface area contributed by atoms with E-state index >= 15 is 0 Å². The summed E-state index contributed by atoms with van der Waals surface area (Å²) in [6.07, 6.45) is 0.961. The van der Waals surface area contributed by atoms with E-state index in [-0.39, 0.29) is 0 Å². The van der Waals surface area contributed by atoms with Gasteiger partial charge >= 0.3 is 0 Å². The molecule has 2 aromatic rings. The second-order valence-electron chi connectivity index (χ2n) is 5.32. The summed E-state index contributed by atoms with van der Waals surface area (Å²) in [7, 11) is 0. The molecule has 0 atom stereocenters. The number of amidine groups is 1. The van der Waals surface area contributed by atoms with Crippen molar-refractivity contribution in [2.75, 3.05) is 17.6 Å². The summed E-state index contributed by atoms with van der Waals surface area (Å²) >= 11 is 13.3. The smallest absolute Gasteiger partial charge is 0.179 e. The first kappa shape index (κ1) is 17.3. The first-order valence-corrected chi connectivity index (χ1v) is 9.58. The molecular weight excluding hydrogens is 358 g/mol. The largest absolute Gasteiger partial charge is 0.332 e. The summed E-state index contributed by atoms with van der Waals surface area (Å²) < 4.78 is 0. The van der Waals surface area contributed by atoms with Gasteiger partial charge in [-0.2, -0.15) is 0 Å². The highest BCUT2D eigenvalue weighted by Crippen LogP contribution is 2.26. The molecule has 0 aliphatic carbocycles. The highest BCUT2D eigenvalue weighted by Gasteiger charge is 2.23. The molecular formula is C18H18ClN3S2. The Kier molecular flexibility index (Phi) is 5.76. The predicted molar refractivity (Wildman–Crippen MR) is 110 cm³/mol. The lowest BCUT2D eigenvalue weighted by Crippen LogP contribution is -2.35. The lowest BCUT2D eigenvalue weighted by Gasteiger charge is -2.20. The molecule has 0 bridgehead atoms. The summed E-state index contributed by atoms with van der Waals surface area (Å²) in [5.74, 6) is 0.977. The number of rotatable bonds is 3. The lowest BCUT2D eigenvalue weighted by molar-refractivity contribution is 0.687. The van der Waals surface area contributed by atoms with Crippen molar-refractivity contribution >= 4 is 57.2 Å². The molecule has 1 aliphatic heterocycles. The van der Waals surface area contributed by atoms with Gasteiger partial charge < -0.3 is 5.32 Å². The van der Waals surface area contributed by atoms with Crippen molar-refractivity contribution in [3.63, 3.8) is 0 Å². The number of hydrogen-bond donors (Lipinski definition) is 1. The minimum atomic E-state index is 0.648. The molecule has 1 saturated heterocycles. The average Bonchev–Trinajstić information content (AvgIpc) is 3.03. The molecule has 6 heteroatoms. The molecule has 2 aromatic carbocycles. The number of aryl methyl sites for hydroxylation is 1. The van der Waals surface area contributed by atoms with E-state index < -0.39 is 0 Å². The Bertz CT molecular complexity index is 776. The third-order valence-electron chi connectivity index (χ3n) is 3.69. The van der Waals surface area contributed by atoms with Gasteiger partial charge in [-0.05, 0) is 48.5 Å². The van der Waals surface area contributed by atoms with Crippen LogP contribution in [-0.4, -0.2) is 27.5 Å². The Hall–Kier alpha value is -1.56. The number of hydrogen-bond acceptors (Lipinski definition) is 3. The van der Waals surface area contributed by atoms with E-state index in [9.17, 15) is 0 Å². The summed E-state index contributed by atoms with van der Waals surface area (Å²) in [5.41, 5.74) is 3.14. The highest BCUT2D eigenvalue weighted by molar-refractivity contribution is 8.14. The van der Waals surface area contributed by atoms with Crippen LogP contribution in [0.5, 0.6) is 0 Å². The zero-order chi connectivity index (χ0) is 16.9. The van der Waals surface area contributed by atoms with Gasteiger partial charge in [-0.1, -0.05) is 54.6 Å². The van der Waals surface area contributed by atoms with Crippen molar-refractivity contribution in [2.45, 2.75) is 13.3 Å². The number of nitrogens with zero attached hydrogens (tertiary/aromatic N) is 2. The maximum atomic E-state index is 6.03. The van der Waals surface area contributed by atoms with Gasteiger partial charge in [0.25, 0.3) is 0 Å². The number of halogens is 1. The highest BCUT2D eigenvalue weighted by atomic mass is 35.5. The molecule has 1 heterocycles. The SMILES string of the molecule is CCc1ccccc1N=C1SCCN1C(=S)Nc1cccc(Cl)c1. The first-order valence-electron chi connectivity index (χ1n) is 7.81. The number of nitrogens with one attached hydrogen (secondary N) is 1. The molecule has 0 saturated carbocycles. The van der Waals surface area contributed by atoms with Crippen LogP contribution < -0.4 is 5.32 Å². The Morgan fingerprint density at radius 2 is 2.12 bits per heavy atom. The molecule has 0 amide bonds. The Morgan fingerprint density at radius 3 is 2.92 bits per heavy atom. The van der Waals surface area contributed by atoms with E-state index in [2.05, 4.69) is 24.4 Å². The Morgan fingerprint density at radius 1 is 1.29 bits per heavy atom. The van der Waals surface area contributed by atoms with Gasteiger partial charge in [-0.15, -0.1) is 0 Å². The number of aliphatic imine (C=N–C) groups is 1. The molecule has 0 unspecified atom stereocenters. The van der Waals surface area contributed by atoms with E-state index in [1.807, 2.05) is 41.3 Å². The quantitative estimate of drug-likeness (QED) is 0.733. The second kappa shape index (κ2) is 8.01. The number of anilines is 1. The zero-order valence-corrected chi connectivity index (χ0v) is 15.7. The van der Waals surface area contributed by atoms with Crippen molar-refractivity contribution < 1.29 is 0 Å². The fourth-order valence-corrected chi connectivity index (χ4v) is 3.96. The van der Waals surface area contributed by atoms with Gasteiger partial charge in [0.1, 0.15) is 0 Å². The summed E-state index contributed by atoms with van der Waals surface area (Å²) in [6, 6.07) is 15.8. The van der Waals surface area contributed by atoms with Gasteiger partial charge in [-0.25, -0.2) is 4.99 Å². The van der Waals surface area contributed by atoms with Gasteiger partial charge in [-0.3, -0.25) is 4.90 Å². The maximum Gasteiger partial charge on any atom is 0.179 e. The van der Waals surface area contributed by atoms with E-state index in [1.165, 1.54) is 5.56 Å². The van der Waals surface area contributed by atoms with Crippen LogP contribution in [0, 0.1) is 0 Å². The van der Waals surface area contributed by atoms with Gasteiger partial charge in [0, 0.05) is 23.0 Å².